The number of nitrogens with one attached hydrogen (secondary N) is 2. The van der Waals surface area contributed by atoms with Gasteiger partial charge < -0.3 is 15.4 Å². The lowest BCUT2D eigenvalue weighted by Gasteiger charge is -2.48. The Labute approximate surface area is 158 Å². The van der Waals surface area contributed by atoms with Crippen molar-refractivity contribution in [1.82, 2.24) is 15.5 Å². The lowest BCUT2D eigenvalue weighted by molar-refractivity contribution is -0.123. The number of likely N-dealkylation sites (tertiary alicyclic amines) is 1. The predicted molar refractivity (Wildman–Crippen MR) is 103 cm³/mol. The Kier molecular flexibility index (Phi) is 7.33. The van der Waals surface area contributed by atoms with Gasteiger partial charge in [0.25, 0.3) is 0 Å². The third-order valence-corrected chi connectivity index (χ3v) is 5.53. The Hall–Kier alpha value is -1.30. The van der Waals surface area contributed by atoms with Gasteiger partial charge in [-0.05, 0) is 66.5 Å². The van der Waals surface area contributed by atoms with E-state index in [9.17, 15) is 9.59 Å². The molecule has 1 heterocycles. The third kappa shape index (κ3) is 6.15. The Bertz CT molecular complexity index is 475. The first-order valence-electron chi connectivity index (χ1n) is 10.2. The Morgan fingerprint density at radius 2 is 1.62 bits per heavy atom. The molecule has 2 N–H and O–H groups in total. The number of amides is 2. The lowest BCUT2D eigenvalue weighted by Crippen LogP contribution is -2.59. The zero-order valence-electron chi connectivity index (χ0n) is 17.0. The minimum Gasteiger partial charge on any atom is -0.444 e. The molecule has 2 rings (SSSR count). The van der Waals surface area contributed by atoms with Crippen molar-refractivity contribution >= 4 is 12.0 Å². The Morgan fingerprint density at radius 1 is 1.04 bits per heavy atom. The van der Waals surface area contributed by atoms with E-state index in [1.807, 2.05) is 20.8 Å². The number of carbonyl (C=O) groups is 2. The fourth-order valence-electron chi connectivity index (χ4n) is 4.14. The second-order valence-electron chi connectivity index (χ2n) is 8.92. The van der Waals surface area contributed by atoms with Gasteiger partial charge in [0.1, 0.15) is 11.6 Å². The van der Waals surface area contributed by atoms with E-state index in [0.29, 0.717) is 6.54 Å². The summed E-state index contributed by atoms with van der Waals surface area (Å²) in [7, 11) is 0. The van der Waals surface area contributed by atoms with E-state index >= 15 is 0 Å². The molecule has 1 saturated heterocycles. The molecule has 0 aromatic rings. The number of piperidine rings is 1. The van der Waals surface area contributed by atoms with Crippen LogP contribution in [-0.4, -0.2) is 53.7 Å². The molecule has 2 amide bonds. The van der Waals surface area contributed by atoms with Crippen LogP contribution in [0.15, 0.2) is 0 Å². The quantitative estimate of drug-likeness (QED) is 0.783. The van der Waals surface area contributed by atoms with Gasteiger partial charge in [-0.3, -0.25) is 9.69 Å². The summed E-state index contributed by atoms with van der Waals surface area (Å²) in [6.07, 6.45) is 9.34. The number of nitrogens with zero attached hydrogens (tertiary/aromatic N) is 1. The van der Waals surface area contributed by atoms with E-state index in [1.165, 1.54) is 38.5 Å². The molecule has 0 bridgehead atoms. The molecule has 1 aliphatic carbocycles. The topological polar surface area (TPSA) is 70.7 Å². The number of carbonyl (C=O) groups excluding carboxylic acids is 2. The molecule has 0 aromatic carbocycles. The van der Waals surface area contributed by atoms with Gasteiger partial charge in [-0.25, -0.2) is 4.79 Å². The monoisotopic (exact) mass is 367 g/mol. The second-order valence-corrected chi connectivity index (χ2v) is 8.92. The van der Waals surface area contributed by atoms with Gasteiger partial charge in [0.15, 0.2) is 0 Å². The van der Waals surface area contributed by atoms with Crippen LogP contribution in [0.25, 0.3) is 0 Å². The Morgan fingerprint density at radius 3 is 2.19 bits per heavy atom. The minimum absolute atomic E-state index is 0.0972. The summed E-state index contributed by atoms with van der Waals surface area (Å²) in [4.78, 5) is 27.0. The highest BCUT2D eigenvalue weighted by Crippen LogP contribution is 2.35. The average molecular weight is 368 g/mol. The number of hydrogen-bond acceptors (Lipinski definition) is 4. The highest BCUT2D eigenvalue weighted by atomic mass is 16.6. The van der Waals surface area contributed by atoms with Crippen LogP contribution in [0, 0.1) is 0 Å². The summed E-state index contributed by atoms with van der Waals surface area (Å²) in [5, 5.41) is 5.74. The minimum atomic E-state index is -0.605. The molecular weight excluding hydrogens is 330 g/mol. The zero-order chi connectivity index (χ0) is 19.2. The normalized spacial score (nSPS) is 22.3. The van der Waals surface area contributed by atoms with Crippen molar-refractivity contribution in [3.63, 3.8) is 0 Å². The predicted octanol–water partition coefficient (Wildman–Crippen LogP) is 3.20. The largest absolute Gasteiger partial charge is 0.444 e. The van der Waals surface area contributed by atoms with Crippen molar-refractivity contribution in [3.05, 3.63) is 0 Å². The van der Waals surface area contributed by atoms with Gasteiger partial charge in [-0.2, -0.15) is 0 Å². The molecule has 1 aliphatic heterocycles. The molecule has 1 atom stereocenters. The maximum absolute atomic E-state index is 12.5. The van der Waals surface area contributed by atoms with Crippen molar-refractivity contribution in [1.29, 1.82) is 0 Å². The third-order valence-electron chi connectivity index (χ3n) is 5.53. The fraction of sp³-hybridized carbons (Fsp3) is 0.900. The number of alkyl carbamates (subject to hydrolysis) is 1. The number of rotatable bonds is 5. The van der Waals surface area contributed by atoms with E-state index in [1.54, 1.807) is 6.92 Å². The molecule has 2 aliphatic rings. The molecule has 1 saturated carbocycles. The van der Waals surface area contributed by atoms with E-state index in [0.717, 1.165) is 25.9 Å². The van der Waals surface area contributed by atoms with Crippen LogP contribution in [-0.2, 0) is 9.53 Å². The smallest absolute Gasteiger partial charge is 0.408 e. The molecule has 6 heteroatoms. The maximum Gasteiger partial charge on any atom is 0.408 e. The summed E-state index contributed by atoms with van der Waals surface area (Å²) in [5.41, 5.74) is -0.472. The van der Waals surface area contributed by atoms with Crippen LogP contribution in [0.3, 0.4) is 0 Å². The Balaban J connectivity index is 1.88. The van der Waals surface area contributed by atoms with Gasteiger partial charge >= 0.3 is 6.09 Å². The molecule has 150 valence electrons. The molecule has 0 unspecified atom stereocenters. The van der Waals surface area contributed by atoms with Crippen LogP contribution in [0.4, 0.5) is 4.79 Å². The molecule has 2 fully saturated rings. The molecule has 0 radical (unpaired) electrons. The van der Waals surface area contributed by atoms with Gasteiger partial charge in [0.2, 0.25) is 5.91 Å². The lowest BCUT2D eigenvalue weighted by atomic mass is 9.79. The van der Waals surface area contributed by atoms with Crippen LogP contribution >= 0.6 is 0 Å². The van der Waals surface area contributed by atoms with Crippen LogP contribution in [0.2, 0.25) is 0 Å². The van der Waals surface area contributed by atoms with E-state index in [2.05, 4.69) is 15.5 Å². The van der Waals surface area contributed by atoms with Crippen molar-refractivity contribution in [2.24, 2.45) is 0 Å². The van der Waals surface area contributed by atoms with Crippen molar-refractivity contribution in [3.8, 4) is 0 Å². The summed E-state index contributed by atoms with van der Waals surface area (Å²) < 4.78 is 5.23. The first-order chi connectivity index (χ1) is 12.2. The maximum atomic E-state index is 12.5. The van der Waals surface area contributed by atoms with E-state index < -0.39 is 17.7 Å². The van der Waals surface area contributed by atoms with E-state index in [4.69, 9.17) is 4.74 Å². The SMILES string of the molecule is C[C@@H](NC(=O)OC(C)(C)C)C(=O)NCC1(N2CCCCC2)CCCCC1. The second kappa shape index (κ2) is 9.07. The summed E-state index contributed by atoms with van der Waals surface area (Å²) in [5.74, 6) is -0.141. The standard InChI is InChI=1S/C20H37N3O3/c1-16(22-18(25)26-19(2,3)4)17(24)21-15-20(11-7-5-8-12-20)23-13-9-6-10-14-23/h16H,5-15H2,1-4H3,(H,21,24)(H,22,25)/t16-/m1/s1. The highest BCUT2D eigenvalue weighted by molar-refractivity contribution is 5.85. The number of hydrogen-bond donors (Lipinski definition) is 2. The van der Waals surface area contributed by atoms with Gasteiger partial charge in [0.05, 0.1) is 0 Å². The average Bonchev–Trinajstić information content (AvgIpc) is 2.59. The molecule has 26 heavy (non-hydrogen) atoms. The summed E-state index contributed by atoms with van der Waals surface area (Å²) in [6.45, 7) is 10.1. The van der Waals surface area contributed by atoms with Crippen LogP contribution in [0.5, 0.6) is 0 Å². The molecule has 6 nitrogen and oxygen atoms in total. The van der Waals surface area contributed by atoms with Crippen molar-refractivity contribution in [2.75, 3.05) is 19.6 Å². The summed E-state index contributed by atoms with van der Waals surface area (Å²) >= 11 is 0. The van der Waals surface area contributed by atoms with Gasteiger partial charge in [-0.15, -0.1) is 0 Å². The van der Waals surface area contributed by atoms with Crippen molar-refractivity contribution in [2.45, 2.75) is 96.2 Å². The summed E-state index contributed by atoms with van der Waals surface area (Å²) in [6, 6.07) is -0.605. The first-order valence-corrected chi connectivity index (χ1v) is 10.2. The van der Waals surface area contributed by atoms with Gasteiger partial charge in [-0.1, -0.05) is 25.7 Å². The molecule has 0 spiro atoms. The fourth-order valence-corrected chi connectivity index (χ4v) is 4.14. The molecular formula is C20H37N3O3. The first kappa shape index (κ1) is 21.0. The van der Waals surface area contributed by atoms with Crippen molar-refractivity contribution < 1.29 is 14.3 Å². The van der Waals surface area contributed by atoms with Crippen LogP contribution in [0.1, 0.15) is 79.1 Å². The number of ether oxygens (including phenoxy) is 1. The van der Waals surface area contributed by atoms with Gasteiger partial charge in [0, 0.05) is 12.1 Å². The zero-order valence-corrected chi connectivity index (χ0v) is 17.0. The highest BCUT2D eigenvalue weighted by Gasteiger charge is 2.38. The van der Waals surface area contributed by atoms with E-state index in [-0.39, 0.29) is 11.4 Å². The molecule has 0 aromatic heterocycles. The van der Waals surface area contributed by atoms with Crippen LogP contribution < -0.4 is 10.6 Å².